The number of unbranched alkanes of at least 4 members (excludes halogenated alkanes) is 1. The van der Waals surface area contributed by atoms with Crippen molar-refractivity contribution in [2.24, 2.45) is 0 Å². The Labute approximate surface area is 137 Å². The second kappa shape index (κ2) is 9.45. The summed E-state index contributed by atoms with van der Waals surface area (Å²) in [4.78, 5) is 0. The molecule has 0 spiro atoms. The molecule has 21 heavy (non-hydrogen) atoms. The van der Waals surface area contributed by atoms with Crippen LogP contribution in [-0.2, 0) is 0 Å². The molecular weight excluding hydrogens is 290 g/mol. The van der Waals surface area contributed by atoms with Crippen LogP contribution in [0.2, 0.25) is 24.2 Å². The molecule has 0 atom stereocenters. The second-order valence-corrected chi connectivity index (χ2v) is 16.7. The Kier molecular flexibility index (Phi) is 9.59. The zero-order valence-corrected chi connectivity index (χ0v) is 18.3. The molecule has 0 aliphatic carbocycles. The van der Waals surface area contributed by atoms with Gasteiger partial charge in [-0.1, -0.05) is 41.0 Å². The fourth-order valence-electron chi connectivity index (χ4n) is 4.13. The summed E-state index contributed by atoms with van der Waals surface area (Å²) >= 11 is 0. The number of rotatable bonds is 11. The van der Waals surface area contributed by atoms with E-state index in [9.17, 15) is 0 Å². The van der Waals surface area contributed by atoms with Gasteiger partial charge >= 0.3 is 0 Å². The monoisotopic (exact) mass is 331 g/mol. The van der Waals surface area contributed by atoms with Gasteiger partial charge in [0.15, 0.2) is 16.8 Å². The maximum absolute atomic E-state index is 3.09. The van der Waals surface area contributed by atoms with Gasteiger partial charge in [-0.05, 0) is 65.3 Å². The topological polar surface area (TPSA) is 9.72 Å². The normalized spacial score (nSPS) is 13.7. The summed E-state index contributed by atoms with van der Waals surface area (Å²) in [6.07, 6.45) is 2.64. The SMILES string of the molecule is CCCCN([Si](CC)(CC)N(C)C)[Si](CC)(CC)N(C)C. The molecule has 0 N–H and O–H groups in total. The maximum atomic E-state index is 3.09. The van der Waals surface area contributed by atoms with E-state index in [2.05, 4.69) is 76.2 Å². The third-order valence-corrected chi connectivity index (χ3v) is 18.5. The molecule has 128 valence electrons. The van der Waals surface area contributed by atoms with Crippen molar-refractivity contribution in [2.45, 2.75) is 71.6 Å². The van der Waals surface area contributed by atoms with Crippen LogP contribution in [0.3, 0.4) is 0 Å². The zero-order valence-electron chi connectivity index (χ0n) is 16.3. The highest BCUT2D eigenvalue weighted by molar-refractivity contribution is 6.90. The highest BCUT2D eigenvalue weighted by Gasteiger charge is 2.50. The predicted molar refractivity (Wildman–Crippen MR) is 102 cm³/mol. The first-order valence-electron chi connectivity index (χ1n) is 8.95. The molecule has 0 amide bonds. The van der Waals surface area contributed by atoms with Crippen LogP contribution in [0.1, 0.15) is 47.5 Å². The van der Waals surface area contributed by atoms with Crippen LogP contribution in [0, 0.1) is 0 Å². The molecule has 5 heteroatoms. The van der Waals surface area contributed by atoms with Gasteiger partial charge < -0.3 is 13.4 Å². The number of hydrogen-bond donors (Lipinski definition) is 0. The van der Waals surface area contributed by atoms with Gasteiger partial charge in [0.2, 0.25) is 0 Å². The highest BCUT2D eigenvalue weighted by Crippen LogP contribution is 2.33. The highest BCUT2D eigenvalue weighted by atomic mass is 28.4. The predicted octanol–water partition coefficient (Wildman–Crippen LogP) is 4.18. The van der Waals surface area contributed by atoms with Gasteiger partial charge in [0, 0.05) is 0 Å². The van der Waals surface area contributed by atoms with Gasteiger partial charge in [-0.15, -0.1) is 0 Å². The molecule has 3 nitrogen and oxygen atoms in total. The fraction of sp³-hybridized carbons (Fsp3) is 1.00. The number of nitrogens with zero attached hydrogens (tertiary/aromatic N) is 3. The summed E-state index contributed by atoms with van der Waals surface area (Å²) in [6.45, 7) is 13.3. The first-order valence-corrected chi connectivity index (χ1v) is 13.6. The van der Waals surface area contributed by atoms with Gasteiger partial charge in [0.25, 0.3) is 0 Å². The summed E-state index contributed by atoms with van der Waals surface area (Å²) in [5, 5.41) is 0. The zero-order chi connectivity index (χ0) is 16.7. The van der Waals surface area contributed by atoms with Crippen molar-refractivity contribution in [2.75, 3.05) is 34.7 Å². The molecule has 0 aromatic carbocycles. The Bertz CT molecular complexity index is 251. The Morgan fingerprint density at radius 3 is 1.14 bits per heavy atom. The quantitative estimate of drug-likeness (QED) is 0.526. The Morgan fingerprint density at radius 2 is 0.952 bits per heavy atom. The van der Waals surface area contributed by atoms with E-state index in [0.717, 1.165) is 0 Å². The Balaban J connectivity index is 5.92. The lowest BCUT2D eigenvalue weighted by Crippen LogP contribution is -2.76. The van der Waals surface area contributed by atoms with Crippen LogP contribution in [0.4, 0.5) is 0 Å². The van der Waals surface area contributed by atoms with Crippen LogP contribution < -0.4 is 0 Å². The van der Waals surface area contributed by atoms with Crippen molar-refractivity contribution in [3.05, 3.63) is 0 Å². The molecule has 0 unspecified atom stereocenters. The molecule has 0 rings (SSSR count). The van der Waals surface area contributed by atoms with E-state index in [-0.39, 0.29) is 0 Å². The molecular formula is C16H41N3Si2. The molecule has 0 aromatic heterocycles. The lowest BCUT2D eigenvalue weighted by molar-refractivity contribution is 0.419. The second-order valence-electron chi connectivity index (χ2n) is 6.67. The van der Waals surface area contributed by atoms with Gasteiger partial charge in [-0.3, -0.25) is 0 Å². The lowest BCUT2D eigenvalue weighted by Gasteiger charge is -2.56. The minimum absolute atomic E-state index is 1.30. The molecule has 0 heterocycles. The molecule has 0 saturated carbocycles. The van der Waals surface area contributed by atoms with Crippen molar-refractivity contribution >= 4 is 16.8 Å². The Morgan fingerprint density at radius 1 is 0.619 bits per heavy atom. The van der Waals surface area contributed by atoms with Crippen molar-refractivity contribution in [1.29, 1.82) is 0 Å². The Hall–Kier alpha value is 0.314. The van der Waals surface area contributed by atoms with Gasteiger partial charge in [-0.2, -0.15) is 0 Å². The third-order valence-electron chi connectivity index (χ3n) is 5.67. The maximum Gasteiger partial charge on any atom is 0.200 e. The van der Waals surface area contributed by atoms with Crippen LogP contribution >= 0.6 is 0 Å². The van der Waals surface area contributed by atoms with Crippen LogP contribution in [0.5, 0.6) is 0 Å². The van der Waals surface area contributed by atoms with E-state index in [1.807, 2.05) is 0 Å². The van der Waals surface area contributed by atoms with E-state index in [1.54, 1.807) is 0 Å². The fourth-order valence-corrected chi connectivity index (χ4v) is 17.5. The average Bonchev–Trinajstić information content (AvgIpc) is 2.46. The van der Waals surface area contributed by atoms with Crippen molar-refractivity contribution in [1.82, 2.24) is 13.4 Å². The van der Waals surface area contributed by atoms with Crippen LogP contribution in [-0.4, -0.2) is 64.9 Å². The lowest BCUT2D eigenvalue weighted by atomic mass is 10.3. The molecule has 0 radical (unpaired) electrons. The van der Waals surface area contributed by atoms with E-state index in [1.165, 1.54) is 43.6 Å². The van der Waals surface area contributed by atoms with Gasteiger partial charge in [-0.25, -0.2) is 0 Å². The molecule has 0 aliphatic rings. The van der Waals surface area contributed by atoms with Gasteiger partial charge in [0.1, 0.15) is 0 Å². The van der Waals surface area contributed by atoms with E-state index in [0.29, 0.717) is 0 Å². The third kappa shape index (κ3) is 4.19. The summed E-state index contributed by atoms with van der Waals surface area (Å²) in [5.41, 5.74) is 0. The summed E-state index contributed by atoms with van der Waals surface area (Å²) in [5.74, 6) is 0. The molecule has 0 aliphatic heterocycles. The summed E-state index contributed by atoms with van der Waals surface area (Å²) in [6, 6.07) is 5.34. The first kappa shape index (κ1) is 21.3. The van der Waals surface area contributed by atoms with Crippen molar-refractivity contribution in [3.8, 4) is 0 Å². The molecule has 0 bridgehead atoms. The van der Waals surface area contributed by atoms with Crippen LogP contribution in [0.25, 0.3) is 0 Å². The minimum Gasteiger partial charge on any atom is -0.321 e. The van der Waals surface area contributed by atoms with E-state index >= 15 is 0 Å². The first-order chi connectivity index (χ1) is 9.82. The summed E-state index contributed by atoms with van der Waals surface area (Å²) < 4.78 is 8.34. The van der Waals surface area contributed by atoms with E-state index < -0.39 is 16.8 Å². The standard InChI is InChI=1S/C16H41N3Si2/c1-10-15-16-19(20(11-2,12-3)17(6)7)21(13-4,14-5)18(8)9/h10-16H2,1-9H3. The van der Waals surface area contributed by atoms with Crippen molar-refractivity contribution in [3.63, 3.8) is 0 Å². The average molecular weight is 332 g/mol. The minimum atomic E-state index is -1.54. The molecule has 0 saturated heterocycles. The summed E-state index contributed by atoms with van der Waals surface area (Å²) in [7, 11) is 6.24. The van der Waals surface area contributed by atoms with Gasteiger partial charge in [0.05, 0.1) is 0 Å². The largest absolute Gasteiger partial charge is 0.321 e. The van der Waals surface area contributed by atoms with E-state index in [4.69, 9.17) is 0 Å². The smallest absolute Gasteiger partial charge is 0.200 e. The van der Waals surface area contributed by atoms with Crippen LogP contribution in [0.15, 0.2) is 0 Å². The molecule has 0 aromatic rings. The molecule has 0 fully saturated rings. The number of hydrogen-bond acceptors (Lipinski definition) is 3. The van der Waals surface area contributed by atoms with Crippen molar-refractivity contribution < 1.29 is 0 Å².